The lowest BCUT2D eigenvalue weighted by atomic mass is 9.96. The molecule has 3 heterocycles. The number of anilines is 1. The van der Waals surface area contributed by atoms with E-state index in [1.165, 1.54) is 6.07 Å². The number of thiocarbonyl (C=S) groups is 1. The fourth-order valence-corrected chi connectivity index (χ4v) is 5.42. The van der Waals surface area contributed by atoms with Gasteiger partial charge in [0.1, 0.15) is 5.82 Å². The molecule has 1 aliphatic heterocycles. The molecule has 0 saturated carbocycles. The van der Waals surface area contributed by atoms with Crippen molar-refractivity contribution < 1.29 is 4.39 Å². The molecule has 0 bridgehead atoms. The van der Waals surface area contributed by atoms with Crippen molar-refractivity contribution in [3.8, 4) is 5.69 Å². The molecule has 4 nitrogen and oxygen atoms in total. The van der Waals surface area contributed by atoms with Crippen LogP contribution in [0.4, 0.5) is 10.1 Å². The van der Waals surface area contributed by atoms with E-state index < -0.39 is 0 Å². The van der Waals surface area contributed by atoms with E-state index in [1.807, 2.05) is 31.2 Å². The predicted molar refractivity (Wildman–Crippen MR) is 142 cm³/mol. The largest absolute Gasteiger partial charge is 0.351 e. The second-order valence-corrected chi connectivity index (χ2v) is 9.81. The van der Waals surface area contributed by atoms with E-state index >= 15 is 0 Å². The molecule has 4 aromatic rings. The molecule has 1 N–H and O–H groups in total. The van der Waals surface area contributed by atoms with Gasteiger partial charge in [0.2, 0.25) is 0 Å². The van der Waals surface area contributed by atoms with E-state index in [0.29, 0.717) is 5.11 Å². The van der Waals surface area contributed by atoms with Gasteiger partial charge in [-0.2, -0.15) is 0 Å². The predicted octanol–water partition coefficient (Wildman–Crippen LogP) is 6.88. The van der Waals surface area contributed by atoms with Gasteiger partial charge in [0.25, 0.3) is 0 Å². The van der Waals surface area contributed by atoms with Gasteiger partial charge in [0, 0.05) is 33.4 Å². The zero-order chi connectivity index (χ0) is 24.0. The fraction of sp³-hybridized carbons (Fsp3) is 0.185. The molecule has 0 unspecified atom stereocenters. The Hall–Kier alpha value is -3.03. The summed E-state index contributed by atoms with van der Waals surface area (Å²) < 4.78 is 17.2. The molecule has 0 spiro atoms. The molecule has 1 saturated heterocycles. The van der Waals surface area contributed by atoms with E-state index in [9.17, 15) is 4.39 Å². The molecular weight excluding hydrogens is 511 g/mol. The number of nitrogens with zero attached hydrogens (tertiary/aromatic N) is 3. The number of nitrogens with one attached hydrogen (secondary N) is 1. The molecule has 2 aromatic heterocycles. The monoisotopic (exact) mass is 534 g/mol. The van der Waals surface area contributed by atoms with Crippen molar-refractivity contribution in [2.24, 2.45) is 0 Å². The quantitative estimate of drug-likeness (QED) is 0.289. The van der Waals surface area contributed by atoms with Gasteiger partial charge >= 0.3 is 0 Å². The third-order valence-electron chi connectivity index (χ3n) is 6.37. The first-order chi connectivity index (χ1) is 16.3. The zero-order valence-electron chi connectivity index (χ0n) is 19.1. The highest BCUT2D eigenvalue weighted by Gasteiger charge is 2.42. The van der Waals surface area contributed by atoms with Crippen LogP contribution in [-0.2, 0) is 0 Å². The van der Waals surface area contributed by atoms with Gasteiger partial charge in [-0.15, -0.1) is 0 Å². The van der Waals surface area contributed by atoms with Crippen LogP contribution in [0.25, 0.3) is 5.69 Å². The first kappa shape index (κ1) is 22.7. The van der Waals surface area contributed by atoms with Gasteiger partial charge in [0.15, 0.2) is 5.11 Å². The molecule has 5 rings (SSSR count). The van der Waals surface area contributed by atoms with Gasteiger partial charge in [-0.1, -0.05) is 28.1 Å². The first-order valence-corrected chi connectivity index (χ1v) is 12.3. The van der Waals surface area contributed by atoms with Crippen LogP contribution < -0.4 is 10.2 Å². The number of hydrogen-bond donors (Lipinski definition) is 1. The Morgan fingerprint density at radius 2 is 1.79 bits per heavy atom. The van der Waals surface area contributed by atoms with Crippen LogP contribution in [0.15, 0.2) is 77.4 Å². The van der Waals surface area contributed by atoms with Gasteiger partial charge < -0.3 is 14.8 Å². The zero-order valence-corrected chi connectivity index (χ0v) is 21.5. The van der Waals surface area contributed by atoms with Crippen LogP contribution in [-0.4, -0.2) is 14.7 Å². The minimum Gasteiger partial charge on any atom is -0.351 e. The Bertz CT molecular complexity index is 1380. The second kappa shape index (κ2) is 8.96. The number of rotatable bonds is 4. The Kier molecular flexibility index (Phi) is 6.00. The minimum atomic E-state index is -0.256. The molecule has 0 radical (unpaired) electrons. The maximum atomic E-state index is 14.1. The minimum absolute atomic E-state index is 0.128. The summed E-state index contributed by atoms with van der Waals surface area (Å²) in [6.07, 6.45) is 1.81. The highest BCUT2D eigenvalue weighted by atomic mass is 79.9. The summed E-state index contributed by atoms with van der Waals surface area (Å²) in [6.45, 7) is 6.20. The molecule has 172 valence electrons. The van der Waals surface area contributed by atoms with E-state index in [1.54, 1.807) is 18.3 Å². The van der Waals surface area contributed by atoms with E-state index in [-0.39, 0.29) is 17.9 Å². The van der Waals surface area contributed by atoms with Crippen molar-refractivity contribution in [2.45, 2.75) is 32.9 Å². The number of pyridine rings is 1. The number of halogens is 2. The molecule has 2 atom stereocenters. The SMILES string of the molecule is Cc1cc(N2C(=S)N[C@H](c3ccccn3)[C@H]2c2cc(C)n(-c3cccc(F)c3)c2C)ccc1Br. The molecule has 0 amide bonds. The van der Waals surface area contributed by atoms with Gasteiger partial charge in [-0.05, 0) is 98.7 Å². The van der Waals surface area contributed by atoms with Crippen LogP contribution in [0.2, 0.25) is 0 Å². The summed E-state index contributed by atoms with van der Waals surface area (Å²) >= 11 is 9.47. The first-order valence-electron chi connectivity index (χ1n) is 11.1. The molecule has 1 fully saturated rings. The van der Waals surface area contributed by atoms with Crippen LogP contribution in [0.3, 0.4) is 0 Å². The van der Waals surface area contributed by atoms with Crippen molar-refractivity contribution in [1.82, 2.24) is 14.9 Å². The van der Waals surface area contributed by atoms with Crippen LogP contribution in [0, 0.1) is 26.6 Å². The van der Waals surface area contributed by atoms with E-state index in [0.717, 1.165) is 44.1 Å². The molecule has 0 aliphatic carbocycles. The standard InChI is InChI=1S/C27H24BrFN4S/c1-16-13-21(10-11-23(16)28)33-26(25(31-27(33)34)24-9-4-5-12-30-24)22-14-17(2)32(18(22)3)20-8-6-7-19(29)15-20/h4-15,25-26H,1-3H3,(H,31,34)/t25-,26-/m1/s1. The van der Waals surface area contributed by atoms with Crippen molar-refractivity contribution in [3.63, 3.8) is 0 Å². The smallest absolute Gasteiger partial charge is 0.174 e. The summed E-state index contributed by atoms with van der Waals surface area (Å²) in [5.74, 6) is -0.256. The Labute approximate surface area is 212 Å². The van der Waals surface area contributed by atoms with Crippen molar-refractivity contribution >= 4 is 38.9 Å². The number of aromatic nitrogens is 2. The normalized spacial score (nSPS) is 17.8. The summed E-state index contributed by atoms with van der Waals surface area (Å²) in [4.78, 5) is 6.82. The van der Waals surface area contributed by atoms with Crippen molar-refractivity contribution in [3.05, 3.63) is 111 Å². The third-order valence-corrected chi connectivity index (χ3v) is 7.58. The Balaban J connectivity index is 1.69. The lowest BCUT2D eigenvalue weighted by Crippen LogP contribution is -2.29. The maximum Gasteiger partial charge on any atom is 0.174 e. The molecule has 2 aromatic carbocycles. The molecule has 1 aliphatic rings. The van der Waals surface area contributed by atoms with E-state index in [2.05, 4.69) is 73.8 Å². The van der Waals surface area contributed by atoms with Crippen LogP contribution in [0.1, 0.15) is 40.3 Å². The fourth-order valence-electron chi connectivity index (χ4n) is 4.83. The average Bonchev–Trinajstić information content (AvgIpc) is 3.31. The summed E-state index contributed by atoms with van der Waals surface area (Å²) in [7, 11) is 0. The van der Waals surface area contributed by atoms with Gasteiger partial charge in [-0.3, -0.25) is 4.98 Å². The molecule has 34 heavy (non-hydrogen) atoms. The number of benzene rings is 2. The second-order valence-electron chi connectivity index (χ2n) is 8.57. The highest BCUT2D eigenvalue weighted by Crippen LogP contribution is 2.44. The Morgan fingerprint density at radius 1 is 0.971 bits per heavy atom. The van der Waals surface area contributed by atoms with Crippen molar-refractivity contribution in [1.29, 1.82) is 0 Å². The van der Waals surface area contributed by atoms with Crippen LogP contribution in [0.5, 0.6) is 0 Å². The maximum absolute atomic E-state index is 14.1. The third kappa shape index (κ3) is 3.93. The summed E-state index contributed by atoms with van der Waals surface area (Å²) in [5, 5.41) is 4.17. The lowest BCUT2D eigenvalue weighted by molar-refractivity contribution is 0.565. The van der Waals surface area contributed by atoms with Gasteiger partial charge in [0.05, 0.1) is 17.8 Å². The van der Waals surface area contributed by atoms with E-state index in [4.69, 9.17) is 12.2 Å². The highest BCUT2D eigenvalue weighted by molar-refractivity contribution is 9.10. The average molecular weight is 535 g/mol. The lowest BCUT2D eigenvalue weighted by Gasteiger charge is -2.28. The molecular formula is C27H24BrFN4S. The Morgan fingerprint density at radius 3 is 2.50 bits per heavy atom. The summed E-state index contributed by atoms with van der Waals surface area (Å²) in [6, 6.07) is 20.8. The topological polar surface area (TPSA) is 33.1 Å². The number of hydrogen-bond acceptors (Lipinski definition) is 2. The molecule has 7 heteroatoms. The summed E-state index contributed by atoms with van der Waals surface area (Å²) in [5.41, 5.74) is 7.05. The van der Waals surface area contributed by atoms with Crippen molar-refractivity contribution in [2.75, 3.05) is 4.90 Å². The van der Waals surface area contributed by atoms with Gasteiger partial charge in [-0.25, -0.2) is 4.39 Å². The number of aryl methyl sites for hydroxylation is 2. The van der Waals surface area contributed by atoms with Crippen LogP contribution >= 0.6 is 28.1 Å².